The number of rotatable bonds is 7. The molecule has 5 rings (SSSR count). The van der Waals surface area contributed by atoms with Crippen molar-refractivity contribution in [1.29, 1.82) is 0 Å². The Labute approximate surface area is 208 Å². The predicted molar refractivity (Wildman–Crippen MR) is 137 cm³/mol. The molecule has 2 amide bonds. The zero-order chi connectivity index (χ0) is 25.2. The maximum Gasteiger partial charge on any atom is 0.264 e. The Bertz CT molecular complexity index is 1470. The zero-order valence-corrected chi connectivity index (χ0v) is 20.3. The normalized spacial score (nSPS) is 15.6. The molecule has 0 bridgehead atoms. The first kappa shape index (κ1) is 23.5. The van der Waals surface area contributed by atoms with Crippen molar-refractivity contribution < 1.29 is 9.59 Å². The van der Waals surface area contributed by atoms with E-state index in [1.807, 2.05) is 62.4 Å². The third-order valence-corrected chi connectivity index (χ3v) is 6.56. The van der Waals surface area contributed by atoms with E-state index >= 15 is 0 Å². The van der Waals surface area contributed by atoms with Gasteiger partial charge in [-0.3, -0.25) is 19.0 Å². The Morgan fingerprint density at radius 2 is 1.72 bits per heavy atom. The van der Waals surface area contributed by atoms with E-state index in [9.17, 15) is 14.4 Å². The van der Waals surface area contributed by atoms with Crippen LogP contribution < -0.4 is 15.8 Å². The van der Waals surface area contributed by atoms with E-state index in [4.69, 9.17) is 0 Å². The molecular weight excluding hydrogens is 456 g/mol. The van der Waals surface area contributed by atoms with E-state index < -0.39 is 5.92 Å². The van der Waals surface area contributed by atoms with Crippen molar-refractivity contribution in [3.8, 4) is 0 Å². The number of anilines is 1. The summed E-state index contributed by atoms with van der Waals surface area (Å²) >= 11 is 0. The van der Waals surface area contributed by atoms with Gasteiger partial charge in [-0.1, -0.05) is 47.5 Å². The number of nitrogens with one attached hydrogen (secondary N) is 1. The average molecular weight is 485 g/mol. The van der Waals surface area contributed by atoms with Crippen molar-refractivity contribution >= 4 is 28.5 Å². The van der Waals surface area contributed by atoms with Crippen LogP contribution in [0.25, 0.3) is 11.0 Å². The second kappa shape index (κ2) is 9.77. The monoisotopic (exact) mass is 484 g/mol. The third kappa shape index (κ3) is 4.77. The van der Waals surface area contributed by atoms with Crippen LogP contribution in [0.4, 0.5) is 5.69 Å². The zero-order valence-electron chi connectivity index (χ0n) is 20.3. The van der Waals surface area contributed by atoms with Crippen molar-refractivity contribution in [1.82, 2.24) is 24.6 Å². The number of aromatic nitrogens is 4. The highest BCUT2D eigenvalue weighted by molar-refractivity contribution is 6.00. The average Bonchev–Trinajstić information content (AvgIpc) is 3.47. The molecule has 0 saturated carbocycles. The molecule has 1 aliphatic rings. The summed E-state index contributed by atoms with van der Waals surface area (Å²) in [4.78, 5) is 44.2. The lowest BCUT2D eigenvalue weighted by atomic mass is 10.1. The fourth-order valence-corrected chi connectivity index (χ4v) is 4.45. The Morgan fingerprint density at radius 3 is 2.44 bits per heavy atom. The first-order valence-electron chi connectivity index (χ1n) is 12.0. The minimum Gasteiger partial charge on any atom is -0.354 e. The lowest BCUT2D eigenvalue weighted by Crippen LogP contribution is -2.35. The lowest BCUT2D eigenvalue weighted by Gasteiger charge is -2.17. The topological polar surface area (TPSA) is 102 Å². The fraction of sp³-hybridized carbons (Fsp3) is 0.296. The van der Waals surface area contributed by atoms with Gasteiger partial charge in [0.05, 0.1) is 25.2 Å². The van der Waals surface area contributed by atoms with E-state index in [0.717, 1.165) is 22.4 Å². The third-order valence-electron chi connectivity index (χ3n) is 6.56. The highest BCUT2D eigenvalue weighted by atomic mass is 16.2. The number of hydrogen-bond donors (Lipinski definition) is 1. The van der Waals surface area contributed by atoms with Gasteiger partial charge in [-0.15, -0.1) is 0 Å². The number of carbonyl (C=O) groups is 2. The quantitative estimate of drug-likeness (QED) is 0.434. The summed E-state index contributed by atoms with van der Waals surface area (Å²) in [6, 6.07) is 15.7. The van der Waals surface area contributed by atoms with Crippen molar-refractivity contribution in [3.05, 3.63) is 88.1 Å². The predicted octanol–water partition coefficient (Wildman–Crippen LogP) is 2.43. The summed E-state index contributed by atoms with van der Waals surface area (Å²) in [7, 11) is 0. The number of benzene rings is 2. The van der Waals surface area contributed by atoms with Crippen LogP contribution in [0.2, 0.25) is 0 Å². The SMILES string of the molecule is Cc1ccc(Cn2cnc3c(cnn3CCNC(=O)C3CC(=O)N(c4ccc(C)cc4)C3)c2=O)cc1. The first-order valence-corrected chi connectivity index (χ1v) is 12.0. The smallest absolute Gasteiger partial charge is 0.264 e. The molecule has 1 unspecified atom stereocenters. The summed E-state index contributed by atoms with van der Waals surface area (Å²) in [5.74, 6) is -0.619. The maximum absolute atomic E-state index is 12.9. The van der Waals surface area contributed by atoms with E-state index in [1.54, 1.807) is 14.1 Å². The summed E-state index contributed by atoms with van der Waals surface area (Å²) in [6.45, 7) is 5.49. The molecule has 2 aromatic carbocycles. The minimum atomic E-state index is -0.403. The Balaban J connectivity index is 1.19. The maximum atomic E-state index is 12.9. The number of hydrogen-bond acceptors (Lipinski definition) is 5. The molecule has 0 aliphatic carbocycles. The molecule has 0 radical (unpaired) electrons. The Kier molecular flexibility index (Phi) is 6.37. The van der Waals surface area contributed by atoms with Gasteiger partial charge >= 0.3 is 0 Å². The largest absolute Gasteiger partial charge is 0.354 e. The molecule has 1 atom stereocenters. The van der Waals surface area contributed by atoms with Gasteiger partial charge in [0.1, 0.15) is 11.7 Å². The van der Waals surface area contributed by atoms with Crippen LogP contribution in [0.3, 0.4) is 0 Å². The molecule has 0 spiro atoms. The molecule has 4 aromatic rings. The highest BCUT2D eigenvalue weighted by Gasteiger charge is 2.34. The van der Waals surface area contributed by atoms with Gasteiger partial charge in [-0.2, -0.15) is 5.10 Å². The fourth-order valence-electron chi connectivity index (χ4n) is 4.45. The van der Waals surface area contributed by atoms with Crippen molar-refractivity contribution in [3.63, 3.8) is 0 Å². The van der Waals surface area contributed by atoms with Crippen molar-refractivity contribution in [2.45, 2.75) is 33.4 Å². The molecule has 1 fully saturated rings. The highest BCUT2D eigenvalue weighted by Crippen LogP contribution is 2.25. The summed E-state index contributed by atoms with van der Waals surface area (Å²) in [5.41, 5.74) is 4.43. The molecule has 2 aromatic heterocycles. The second-order valence-corrected chi connectivity index (χ2v) is 9.30. The Morgan fingerprint density at radius 1 is 1.03 bits per heavy atom. The van der Waals surface area contributed by atoms with Crippen molar-refractivity contribution in [2.24, 2.45) is 5.92 Å². The number of amides is 2. The Hall–Kier alpha value is -4.27. The summed E-state index contributed by atoms with van der Waals surface area (Å²) in [5, 5.41) is 7.65. The molecule has 9 heteroatoms. The molecule has 1 aliphatic heterocycles. The van der Waals surface area contributed by atoms with Crippen LogP contribution in [-0.2, 0) is 22.7 Å². The van der Waals surface area contributed by atoms with Gasteiger partial charge in [-0.25, -0.2) is 9.67 Å². The summed E-state index contributed by atoms with van der Waals surface area (Å²) < 4.78 is 3.18. The number of aryl methyl sites for hydroxylation is 2. The molecular formula is C27H28N6O3. The first-order chi connectivity index (χ1) is 17.4. The van der Waals surface area contributed by atoms with E-state index in [1.165, 1.54) is 12.5 Å². The number of fused-ring (bicyclic) bond motifs is 1. The molecule has 1 N–H and O–H groups in total. The van der Waals surface area contributed by atoms with Crippen LogP contribution >= 0.6 is 0 Å². The van der Waals surface area contributed by atoms with Crippen LogP contribution in [0.15, 0.2) is 65.8 Å². The summed E-state index contributed by atoms with van der Waals surface area (Å²) in [6.07, 6.45) is 3.24. The molecule has 3 heterocycles. The van der Waals surface area contributed by atoms with E-state index in [0.29, 0.717) is 37.2 Å². The minimum absolute atomic E-state index is 0.0526. The van der Waals surface area contributed by atoms with E-state index in [-0.39, 0.29) is 23.8 Å². The van der Waals surface area contributed by atoms with Crippen LogP contribution in [0.5, 0.6) is 0 Å². The number of nitrogens with zero attached hydrogens (tertiary/aromatic N) is 5. The molecule has 184 valence electrons. The van der Waals surface area contributed by atoms with E-state index in [2.05, 4.69) is 15.4 Å². The van der Waals surface area contributed by atoms with Gasteiger partial charge in [0.15, 0.2) is 5.65 Å². The van der Waals surface area contributed by atoms with Crippen LogP contribution in [0, 0.1) is 19.8 Å². The van der Waals surface area contributed by atoms with Gasteiger partial charge < -0.3 is 10.2 Å². The molecule has 36 heavy (non-hydrogen) atoms. The van der Waals surface area contributed by atoms with Gasteiger partial charge in [0.2, 0.25) is 11.8 Å². The van der Waals surface area contributed by atoms with Crippen LogP contribution in [-0.4, -0.2) is 44.2 Å². The van der Waals surface area contributed by atoms with Crippen LogP contribution in [0.1, 0.15) is 23.1 Å². The lowest BCUT2D eigenvalue weighted by molar-refractivity contribution is -0.126. The van der Waals surface area contributed by atoms with Gasteiger partial charge in [-0.05, 0) is 31.5 Å². The van der Waals surface area contributed by atoms with Crippen molar-refractivity contribution in [2.75, 3.05) is 18.0 Å². The molecule has 1 saturated heterocycles. The van der Waals surface area contributed by atoms with Gasteiger partial charge in [0.25, 0.3) is 5.56 Å². The van der Waals surface area contributed by atoms with Gasteiger partial charge in [0, 0.05) is 25.2 Å². The standard InChI is InChI=1S/C27H28N6O3/c1-18-3-7-20(8-4-18)15-31-17-29-25-23(27(31)36)14-30-33(25)12-11-28-26(35)21-13-24(34)32(16-21)22-9-5-19(2)6-10-22/h3-10,14,17,21H,11-13,15-16H2,1-2H3,(H,28,35). The second-order valence-electron chi connectivity index (χ2n) is 9.30. The molecule has 9 nitrogen and oxygen atoms in total. The number of carbonyl (C=O) groups excluding carboxylic acids is 2.